The number of aryl methyl sites for hydroxylation is 1. The zero-order valence-corrected chi connectivity index (χ0v) is 8.63. The zero-order chi connectivity index (χ0) is 10.5. The van der Waals surface area contributed by atoms with E-state index in [9.17, 15) is 0 Å². The highest BCUT2D eigenvalue weighted by Crippen LogP contribution is 2.09. The van der Waals surface area contributed by atoms with Crippen LogP contribution in [0.4, 0.5) is 0 Å². The summed E-state index contributed by atoms with van der Waals surface area (Å²) in [5, 5.41) is 4.17. The Balaban J connectivity index is 2.11. The van der Waals surface area contributed by atoms with Gasteiger partial charge in [-0.3, -0.25) is 0 Å². The van der Waals surface area contributed by atoms with Gasteiger partial charge in [0, 0.05) is 12.4 Å². The van der Waals surface area contributed by atoms with Gasteiger partial charge < -0.3 is 5.73 Å². The average molecular weight is 201 g/mol. The van der Waals surface area contributed by atoms with E-state index in [-0.39, 0.29) is 0 Å². The fraction of sp³-hybridized carbons (Fsp3) is 0.250. The van der Waals surface area contributed by atoms with Gasteiger partial charge in [-0.25, -0.2) is 4.68 Å². The molecule has 0 bridgehead atoms. The first kappa shape index (κ1) is 9.93. The summed E-state index contributed by atoms with van der Waals surface area (Å²) in [6.45, 7) is 0.751. The summed E-state index contributed by atoms with van der Waals surface area (Å²) in [5.74, 6) is 0. The Bertz CT molecular complexity index is 389. The van der Waals surface area contributed by atoms with E-state index in [1.54, 1.807) is 6.20 Å². The highest BCUT2D eigenvalue weighted by molar-refractivity contribution is 5.33. The van der Waals surface area contributed by atoms with Gasteiger partial charge in [-0.1, -0.05) is 12.1 Å². The van der Waals surface area contributed by atoms with E-state index < -0.39 is 0 Å². The maximum Gasteiger partial charge on any atom is 0.0645 e. The van der Waals surface area contributed by atoms with Crippen LogP contribution in [0.1, 0.15) is 12.0 Å². The molecule has 0 aliphatic rings. The van der Waals surface area contributed by atoms with Crippen molar-refractivity contribution in [2.24, 2.45) is 5.73 Å². The summed E-state index contributed by atoms with van der Waals surface area (Å²) in [6, 6.07) is 10.3. The molecule has 0 spiro atoms. The standard InChI is InChI=1S/C12H15N3/c13-8-1-3-11-4-6-12(7-5-11)15-10-2-9-14-15/h2,4-7,9-10H,1,3,8,13H2. The van der Waals surface area contributed by atoms with Gasteiger partial charge in [0.15, 0.2) is 0 Å². The molecule has 2 aromatic rings. The topological polar surface area (TPSA) is 43.8 Å². The highest BCUT2D eigenvalue weighted by Gasteiger charge is 1.96. The van der Waals surface area contributed by atoms with Crippen molar-refractivity contribution >= 4 is 0 Å². The molecule has 78 valence electrons. The first-order valence-electron chi connectivity index (χ1n) is 5.19. The Morgan fingerprint density at radius 1 is 1.20 bits per heavy atom. The lowest BCUT2D eigenvalue weighted by molar-refractivity contribution is 0.829. The third-order valence-corrected chi connectivity index (χ3v) is 2.37. The van der Waals surface area contributed by atoms with Crippen LogP contribution in [0.5, 0.6) is 0 Å². The number of rotatable bonds is 4. The van der Waals surface area contributed by atoms with E-state index in [0.29, 0.717) is 0 Å². The van der Waals surface area contributed by atoms with Gasteiger partial charge in [-0.15, -0.1) is 0 Å². The molecular weight excluding hydrogens is 186 g/mol. The number of hydrogen-bond donors (Lipinski definition) is 1. The molecule has 1 aromatic carbocycles. The smallest absolute Gasteiger partial charge is 0.0645 e. The molecule has 2 rings (SSSR count). The molecule has 0 aliphatic heterocycles. The van der Waals surface area contributed by atoms with E-state index in [0.717, 1.165) is 25.1 Å². The Labute approximate surface area is 89.5 Å². The van der Waals surface area contributed by atoms with Crippen LogP contribution in [0.25, 0.3) is 5.69 Å². The third-order valence-electron chi connectivity index (χ3n) is 2.37. The maximum atomic E-state index is 5.47. The van der Waals surface area contributed by atoms with E-state index >= 15 is 0 Å². The van der Waals surface area contributed by atoms with Crippen molar-refractivity contribution in [1.82, 2.24) is 9.78 Å². The molecule has 0 aliphatic carbocycles. The summed E-state index contributed by atoms with van der Waals surface area (Å²) in [5.41, 5.74) is 7.89. The van der Waals surface area contributed by atoms with Crippen molar-refractivity contribution in [2.45, 2.75) is 12.8 Å². The largest absolute Gasteiger partial charge is 0.330 e. The van der Waals surface area contributed by atoms with Gasteiger partial charge in [0.25, 0.3) is 0 Å². The normalized spacial score (nSPS) is 10.5. The number of hydrogen-bond acceptors (Lipinski definition) is 2. The van der Waals surface area contributed by atoms with E-state index in [4.69, 9.17) is 5.73 Å². The van der Waals surface area contributed by atoms with Crippen LogP contribution < -0.4 is 5.73 Å². The van der Waals surface area contributed by atoms with Crippen LogP contribution in [0.2, 0.25) is 0 Å². The van der Waals surface area contributed by atoms with Crippen LogP contribution in [0.3, 0.4) is 0 Å². The zero-order valence-electron chi connectivity index (χ0n) is 8.63. The maximum absolute atomic E-state index is 5.47. The molecule has 2 N–H and O–H groups in total. The van der Waals surface area contributed by atoms with Crippen molar-refractivity contribution in [3.63, 3.8) is 0 Å². The number of nitrogens with two attached hydrogens (primary N) is 1. The fourth-order valence-corrected chi connectivity index (χ4v) is 1.54. The molecule has 3 heteroatoms. The predicted octanol–water partition coefficient (Wildman–Crippen LogP) is 1.76. The Morgan fingerprint density at radius 3 is 2.60 bits per heavy atom. The highest BCUT2D eigenvalue weighted by atomic mass is 15.3. The lowest BCUT2D eigenvalue weighted by atomic mass is 10.1. The molecule has 0 atom stereocenters. The monoisotopic (exact) mass is 201 g/mol. The lowest BCUT2D eigenvalue weighted by Crippen LogP contribution is -2.00. The molecule has 15 heavy (non-hydrogen) atoms. The molecule has 0 radical (unpaired) electrons. The van der Waals surface area contributed by atoms with Gasteiger partial charge in [-0.05, 0) is 43.1 Å². The minimum absolute atomic E-state index is 0.751. The van der Waals surface area contributed by atoms with Crippen molar-refractivity contribution in [2.75, 3.05) is 6.54 Å². The third kappa shape index (κ3) is 2.44. The summed E-state index contributed by atoms with van der Waals surface area (Å²) >= 11 is 0. The molecule has 0 fully saturated rings. The molecule has 0 saturated heterocycles. The summed E-state index contributed by atoms with van der Waals surface area (Å²) < 4.78 is 1.85. The molecule has 0 unspecified atom stereocenters. The van der Waals surface area contributed by atoms with Crippen molar-refractivity contribution in [3.05, 3.63) is 48.3 Å². The second-order valence-corrected chi connectivity index (χ2v) is 3.51. The quantitative estimate of drug-likeness (QED) is 0.819. The number of aromatic nitrogens is 2. The van der Waals surface area contributed by atoms with E-state index in [1.807, 2.05) is 16.9 Å². The molecule has 3 nitrogen and oxygen atoms in total. The van der Waals surface area contributed by atoms with Gasteiger partial charge in [0.1, 0.15) is 0 Å². The Kier molecular flexibility index (Phi) is 3.15. The summed E-state index contributed by atoms with van der Waals surface area (Å²) in [4.78, 5) is 0. The number of nitrogens with zero attached hydrogens (tertiary/aromatic N) is 2. The minimum atomic E-state index is 0.751. The summed E-state index contributed by atoms with van der Waals surface area (Å²) in [7, 11) is 0. The van der Waals surface area contributed by atoms with Crippen molar-refractivity contribution in [1.29, 1.82) is 0 Å². The Hall–Kier alpha value is -1.61. The van der Waals surface area contributed by atoms with Gasteiger partial charge in [0.2, 0.25) is 0 Å². The van der Waals surface area contributed by atoms with Gasteiger partial charge in [-0.2, -0.15) is 5.10 Å². The second kappa shape index (κ2) is 4.75. The first-order chi connectivity index (χ1) is 7.40. The van der Waals surface area contributed by atoms with E-state index in [1.165, 1.54) is 5.56 Å². The van der Waals surface area contributed by atoms with Crippen LogP contribution in [-0.4, -0.2) is 16.3 Å². The number of benzene rings is 1. The van der Waals surface area contributed by atoms with Crippen LogP contribution in [0.15, 0.2) is 42.7 Å². The molecule has 1 aromatic heterocycles. The molecular formula is C12H15N3. The van der Waals surface area contributed by atoms with E-state index in [2.05, 4.69) is 29.4 Å². The second-order valence-electron chi connectivity index (χ2n) is 3.51. The molecule has 0 saturated carbocycles. The average Bonchev–Trinajstić information content (AvgIpc) is 2.80. The summed E-state index contributed by atoms with van der Waals surface area (Å²) in [6.07, 6.45) is 5.81. The van der Waals surface area contributed by atoms with Crippen LogP contribution in [0, 0.1) is 0 Å². The molecule has 0 amide bonds. The molecule has 1 heterocycles. The SMILES string of the molecule is NCCCc1ccc(-n2cccn2)cc1. The van der Waals surface area contributed by atoms with Gasteiger partial charge >= 0.3 is 0 Å². The lowest BCUT2D eigenvalue weighted by Gasteiger charge is -2.03. The van der Waals surface area contributed by atoms with Gasteiger partial charge in [0.05, 0.1) is 5.69 Å². The minimum Gasteiger partial charge on any atom is -0.330 e. The first-order valence-corrected chi connectivity index (χ1v) is 5.19. The predicted molar refractivity (Wildman–Crippen MR) is 60.9 cm³/mol. The van der Waals surface area contributed by atoms with Crippen LogP contribution >= 0.6 is 0 Å². The van der Waals surface area contributed by atoms with Crippen molar-refractivity contribution < 1.29 is 0 Å². The van der Waals surface area contributed by atoms with Crippen molar-refractivity contribution in [3.8, 4) is 5.69 Å². The van der Waals surface area contributed by atoms with Crippen LogP contribution in [-0.2, 0) is 6.42 Å². The Morgan fingerprint density at radius 2 is 2.00 bits per heavy atom. The fourth-order valence-electron chi connectivity index (χ4n) is 1.54.